The van der Waals surface area contributed by atoms with Crippen molar-refractivity contribution >= 4 is 5.91 Å². The second-order valence-electron chi connectivity index (χ2n) is 7.12. The number of rotatable bonds is 10. The summed E-state index contributed by atoms with van der Waals surface area (Å²) in [5.74, 6) is 1.43. The molecule has 20 heavy (non-hydrogen) atoms. The third-order valence-corrected chi connectivity index (χ3v) is 3.93. The molecule has 0 aliphatic heterocycles. The van der Waals surface area contributed by atoms with Gasteiger partial charge >= 0.3 is 0 Å². The Labute approximate surface area is 124 Å². The third-order valence-electron chi connectivity index (χ3n) is 3.93. The summed E-state index contributed by atoms with van der Waals surface area (Å²) in [5.41, 5.74) is 5.25. The zero-order valence-electron chi connectivity index (χ0n) is 13.9. The molecule has 0 radical (unpaired) electrons. The highest BCUT2D eigenvalue weighted by Gasteiger charge is 2.50. The molecular formula is C16H33N3O. The zero-order chi connectivity index (χ0) is 15.3. The largest absolute Gasteiger partial charge is 0.368 e. The average molecular weight is 283 g/mol. The SMILES string of the molecule is CCNC(CN(CC(C)C)CC(C)C)(C(N)=O)C1CC1. The topological polar surface area (TPSA) is 58.4 Å². The number of carbonyl (C=O) groups excluding carboxylic acids is 1. The number of likely N-dealkylation sites (N-methyl/N-ethyl adjacent to an activating group) is 1. The van der Waals surface area contributed by atoms with Gasteiger partial charge in [0.1, 0.15) is 5.54 Å². The van der Waals surface area contributed by atoms with Crippen LogP contribution in [0.3, 0.4) is 0 Å². The fraction of sp³-hybridized carbons (Fsp3) is 0.938. The van der Waals surface area contributed by atoms with Gasteiger partial charge in [-0.25, -0.2) is 0 Å². The molecule has 0 aromatic heterocycles. The van der Waals surface area contributed by atoms with Gasteiger partial charge in [0.15, 0.2) is 0 Å². The predicted octanol–water partition coefficient (Wildman–Crippen LogP) is 1.84. The summed E-state index contributed by atoms with van der Waals surface area (Å²) < 4.78 is 0. The number of hydrogen-bond acceptors (Lipinski definition) is 3. The Balaban J connectivity index is 2.85. The number of hydrogen-bond donors (Lipinski definition) is 2. The maximum absolute atomic E-state index is 12.1. The molecule has 4 heteroatoms. The first-order valence-corrected chi connectivity index (χ1v) is 8.09. The monoisotopic (exact) mass is 283 g/mol. The van der Waals surface area contributed by atoms with Crippen LogP contribution in [-0.2, 0) is 4.79 Å². The van der Waals surface area contributed by atoms with E-state index in [0.717, 1.165) is 39.0 Å². The van der Waals surface area contributed by atoms with Crippen LogP contribution < -0.4 is 11.1 Å². The fourth-order valence-corrected chi connectivity index (χ4v) is 3.18. The Hall–Kier alpha value is -0.610. The van der Waals surface area contributed by atoms with Crippen LogP contribution in [0.1, 0.15) is 47.5 Å². The lowest BCUT2D eigenvalue weighted by Gasteiger charge is -2.38. The molecule has 1 rings (SSSR count). The van der Waals surface area contributed by atoms with E-state index in [4.69, 9.17) is 5.73 Å². The van der Waals surface area contributed by atoms with E-state index in [-0.39, 0.29) is 5.91 Å². The first kappa shape index (κ1) is 17.4. The van der Waals surface area contributed by atoms with E-state index in [1.807, 2.05) is 0 Å². The minimum Gasteiger partial charge on any atom is -0.368 e. The van der Waals surface area contributed by atoms with Crippen LogP contribution >= 0.6 is 0 Å². The van der Waals surface area contributed by atoms with E-state index in [2.05, 4.69) is 44.8 Å². The van der Waals surface area contributed by atoms with Gasteiger partial charge < -0.3 is 16.0 Å². The van der Waals surface area contributed by atoms with E-state index in [1.54, 1.807) is 0 Å². The van der Waals surface area contributed by atoms with E-state index in [0.29, 0.717) is 17.8 Å². The Morgan fingerprint density at radius 2 is 1.75 bits per heavy atom. The van der Waals surface area contributed by atoms with Crippen LogP contribution in [0.15, 0.2) is 0 Å². The van der Waals surface area contributed by atoms with E-state index >= 15 is 0 Å². The van der Waals surface area contributed by atoms with Crippen molar-refractivity contribution < 1.29 is 4.79 Å². The van der Waals surface area contributed by atoms with Crippen LogP contribution in [0, 0.1) is 17.8 Å². The molecule has 1 amide bonds. The highest BCUT2D eigenvalue weighted by Crippen LogP contribution is 2.40. The van der Waals surface area contributed by atoms with Gasteiger partial charge in [0.2, 0.25) is 5.91 Å². The third kappa shape index (κ3) is 4.74. The summed E-state index contributed by atoms with van der Waals surface area (Å²) in [6.45, 7) is 14.5. The number of amides is 1. The first-order valence-electron chi connectivity index (χ1n) is 8.09. The van der Waals surface area contributed by atoms with Crippen LogP contribution in [-0.4, -0.2) is 42.5 Å². The summed E-state index contributed by atoms with van der Waals surface area (Å²) in [5, 5.41) is 3.42. The summed E-state index contributed by atoms with van der Waals surface area (Å²) in [7, 11) is 0. The number of carbonyl (C=O) groups is 1. The van der Waals surface area contributed by atoms with Crippen LogP contribution in [0.5, 0.6) is 0 Å². The molecule has 4 nitrogen and oxygen atoms in total. The molecule has 118 valence electrons. The molecule has 1 unspecified atom stereocenters. The van der Waals surface area contributed by atoms with E-state index in [9.17, 15) is 4.79 Å². The Morgan fingerprint density at radius 1 is 1.25 bits per heavy atom. The van der Waals surface area contributed by atoms with Crippen molar-refractivity contribution in [2.45, 2.75) is 53.0 Å². The van der Waals surface area contributed by atoms with E-state index in [1.165, 1.54) is 0 Å². The standard InChI is InChI=1S/C16H33N3O/c1-6-18-16(15(17)20,14-7-8-14)11-19(9-12(2)3)10-13(4)5/h12-14,18H,6-11H2,1-5H3,(H2,17,20). The van der Waals surface area contributed by atoms with Crippen molar-refractivity contribution in [1.82, 2.24) is 10.2 Å². The van der Waals surface area contributed by atoms with Gasteiger partial charge in [0.25, 0.3) is 0 Å². The van der Waals surface area contributed by atoms with Gasteiger partial charge in [-0.3, -0.25) is 4.79 Å². The fourth-order valence-electron chi connectivity index (χ4n) is 3.18. The highest BCUT2D eigenvalue weighted by atomic mass is 16.1. The van der Waals surface area contributed by atoms with Gasteiger partial charge in [-0.05, 0) is 37.1 Å². The van der Waals surface area contributed by atoms with Gasteiger partial charge in [0, 0.05) is 19.6 Å². The van der Waals surface area contributed by atoms with Gasteiger partial charge in [-0.15, -0.1) is 0 Å². The van der Waals surface area contributed by atoms with Gasteiger partial charge in [-0.2, -0.15) is 0 Å². The number of nitrogens with two attached hydrogens (primary N) is 1. The second kappa shape index (κ2) is 7.41. The lowest BCUT2D eigenvalue weighted by Crippen LogP contribution is -2.63. The molecule has 0 spiro atoms. The molecule has 0 aromatic carbocycles. The Bertz CT molecular complexity index is 303. The molecule has 1 saturated carbocycles. The maximum Gasteiger partial charge on any atom is 0.239 e. The summed E-state index contributed by atoms with van der Waals surface area (Å²) in [6.07, 6.45) is 2.24. The Kier molecular flexibility index (Phi) is 6.46. The molecular weight excluding hydrogens is 250 g/mol. The Morgan fingerprint density at radius 3 is 2.05 bits per heavy atom. The lowest BCUT2D eigenvalue weighted by atomic mass is 9.90. The van der Waals surface area contributed by atoms with Crippen LogP contribution in [0.4, 0.5) is 0 Å². The van der Waals surface area contributed by atoms with Gasteiger partial charge in [0.05, 0.1) is 0 Å². The first-order chi connectivity index (χ1) is 9.31. The molecule has 1 aliphatic rings. The smallest absolute Gasteiger partial charge is 0.239 e. The maximum atomic E-state index is 12.1. The number of nitrogens with zero attached hydrogens (tertiary/aromatic N) is 1. The van der Waals surface area contributed by atoms with Crippen LogP contribution in [0.25, 0.3) is 0 Å². The quantitative estimate of drug-likeness (QED) is 0.643. The van der Waals surface area contributed by atoms with Gasteiger partial charge in [-0.1, -0.05) is 34.6 Å². The molecule has 0 heterocycles. The van der Waals surface area contributed by atoms with Crippen molar-refractivity contribution in [3.05, 3.63) is 0 Å². The summed E-state index contributed by atoms with van der Waals surface area (Å²) in [6, 6.07) is 0. The molecule has 0 bridgehead atoms. The molecule has 3 N–H and O–H groups in total. The number of primary amides is 1. The molecule has 1 aliphatic carbocycles. The molecule has 1 fully saturated rings. The molecule has 1 atom stereocenters. The lowest BCUT2D eigenvalue weighted by molar-refractivity contribution is -0.126. The van der Waals surface area contributed by atoms with Crippen molar-refractivity contribution in [3.63, 3.8) is 0 Å². The summed E-state index contributed by atoms with van der Waals surface area (Å²) >= 11 is 0. The number of nitrogens with one attached hydrogen (secondary N) is 1. The van der Waals surface area contributed by atoms with Crippen molar-refractivity contribution in [2.75, 3.05) is 26.2 Å². The highest BCUT2D eigenvalue weighted by molar-refractivity contribution is 5.86. The van der Waals surface area contributed by atoms with E-state index < -0.39 is 5.54 Å². The van der Waals surface area contributed by atoms with Crippen molar-refractivity contribution in [2.24, 2.45) is 23.5 Å². The minimum atomic E-state index is -0.529. The second-order valence-corrected chi connectivity index (χ2v) is 7.12. The van der Waals surface area contributed by atoms with Crippen LogP contribution in [0.2, 0.25) is 0 Å². The zero-order valence-corrected chi connectivity index (χ0v) is 13.9. The predicted molar refractivity (Wildman–Crippen MR) is 84.4 cm³/mol. The summed E-state index contributed by atoms with van der Waals surface area (Å²) in [4.78, 5) is 14.6. The minimum absolute atomic E-state index is 0.181. The van der Waals surface area contributed by atoms with Crippen molar-refractivity contribution in [1.29, 1.82) is 0 Å². The average Bonchev–Trinajstić information content (AvgIpc) is 3.09. The van der Waals surface area contributed by atoms with Crippen molar-refractivity contribution in [3.8, 4) is 0 Å². The normalized spacial score (nSPS) is 18.8. The molecule has 0 aromatic rings. The molecule has 0 saturated heterocycles.